The van der Waals surface area contributed by atoms with Gasteiger partial charge in [-0.15, -0.1) is 0 Å². The molecule has 0 saturated heterocycles. The third kappa shape index (κ3) is 3.24. The van der Waals surface area contributed by atoms with Gasteiger partial charge in [-0.05, 0) is 18.6 Å². The molecule has 0 fully saturated rings. The van der Waals surface area contributed by atoms with Gasteiger partial charge < -0.3 is 9.84 Å². The van der Waals surface area contributed by atoms with Crippen LogP contribution < -0.4 is 0 Å². The van der Waals surface area contributed by atoms with Crippen LogP contribution in [0.25, 0.3) is 11.4 Å². The molecule has 20 heavy (non-hydrogen) atoms. The van der Waals surface area contributed by atoms with Crippen molar-refractivity contribution >= 4 is 17.6 Å². The number of ether oxygens (including phenoxy) is 1. The number of aromatic hydroxyl groups is 1. The maximum atomic E-state index is 11.1. The van der Waals surface area contributed by atoms with Crippen molar-refractivity contribution in [2.75, 3.05) is 7.11 Å². The van der Waals surface area contributed by atoms with E-state index in [2.05, 4.69) is 14.7 Å². The molecule has 5 nitrogen and oxygen atoms in total. The van der Waals surface area contributed by atoms with E-state index in [0.717, 1.165) is 0 Å². The van der Waals surface area contributed by atoms with E-state index in [9.17, 15) is 9.90 Å². The number of phenolic OH excluding ortho intramolecular Hbond substituents is 1. The summed E-state index contributed by atoms with van der Waals surface area (Å²) in [4.78, 5) is 19.4. The average Bonchev–Trinajstić information content (AvgIpc) is 2.46. The van der Waals surface area contributed by atoms with Gasteiger partial charge in [0.1, 0.15) is 10.9 Å². The number of phenols is 1. The van der Waals surface area contributed by atoms with E-state index < -0.39 is 0 Å². The van der Waals surface area contributed by atoms with Gasteiger partial charge in [0.25, 0.3) is 0 Å². The highest BCUT2D eigenvalue weighted by Gasteiger charge is 2.11. The Bertz CT molecular complexity index is 632. The molecular weight excluding hydrogens is 280 g/mol. The van der Waals surface area contributed by atoms with E-state index in [4.69, 9.17) is 11.6 Å². The number of esters is 1. The first-order valence-corrected chi connectivity index (χ1v) is 6.36. The summed E-state index contributed by atoms with van der Waals surface area (Å²) in [5.41, 5.74) is 1.17. The minimum absolute atomic E-state index is 0.0888. The van der Waals surface area contributed by atoms with Crippen LogP contribution in [0.15, 0.2) is 30.5 Å². The summed E-state index contributed by atoms with van der Waals surface area (Å²) in [5.74, 6) is 0.117. The Kier molecular flexibility index (Phi) is 4.53. The average molecular weight is 293 g/mol. The van der Waals surface area contributed by atoms with Gasteiger partial charge in [-0.1, -0.05) is 23.7 Å². The van der Waals surface area contributed by atoms with Crippen molar-refractivity contribution < 1.29 is 14.6 Å². The second kappa shape index (κ2) is 6.34. The second-order valence-corrected chi connectivity index (χ2v) is 4.46. The van der Waals surface area contributed by atoms with Crippen molar-refractivity contribution in [2.45, 2.75) is 12.8 Å². The van der Waals surface area contributed by atoms with Crippen molar-refractivity contribution in [1.29, 1.82) is 0 Å². The lowest BCUT2D eigenvalue weighted by molar-refractivity contribution is -0.140. The quantitative estimate of drug-likeness (QED) is 0.693. The normalized spacial score (nSPS) is 10.3. The maximum Gasteiger partial charge on any atom is 0.305 e. The van der Waals surface area contributed by atoms with Gasteiger partial charge in [0.15, 0.2) is 5.82 Å². The smallest absolute Gasteiger partial charge is 0.305 e. The molecule has 0 aliphatic heterocycles. The maximum absolute atomic E-state index is 11.1. The molecule has 1 aromatic carbocycles. The molecule has 104 valence electrons. The fourth-order valence-corrected chi connectivity index (χ4v) is 1.91. The number of benzene rings is 1. The van der Waals surface area contributed by atoms with Gasteiger partial charge in [0.2, 0.25) is 0 Å². The fourth-order valence-electron chi connectivity index (χ4n) is 1.68. The van der Waals surface area contributed by atoms with Crippen LogP contribution in [-0.4, -0.2) is 28.2 Å². The molecule has 2 rings (SSSR count). The number of aryl methyl sites for hydroxylation is 1. The van der Waals surface area contributed by atoms with Gasteiger partial charge in [0.05, 0.1) is 12.7 Å². The minimum Gasteiger partial charge on any atom is -0.507 e. The second-order valence-electron chi connectivity index (χ2n) is 4.10. The molecule has 0 radical (unpaired) electrons. The minimum atomic E-state index is -0.314. The van der Waals surface area contributed by atoms with E-state index in [1.165, 1.54) is 7.11 Å². The molecule has 0 aliphatic rings. The predicted octanol–water partition coefficient (Wildman–Crippen LogP) is 2.61. The van der Waals surface area contributed by atoms with E-state index in [1.807, 2.05) is 0 Å². The molecule has 2 aromatic rings. The molecule has 6 heteroatoms. The van der Waals surface area contributed by atoms with Crippen LogP contribution in [-0.2, 0) is 16.0 Å². The summed E-state index contributed by atoms with van der Waals surface area (Å²) in [6, 6.07) is 6.75. The van der Waals surface area contributed by atoms with Gasteiger partial charge in [0, 0.05) is 18.2 Å². The van der Waals surface area contributed by atoms with Crippen LogP contribution in [0.1, 0.15) is 12.0 Å². The Morgan fingerprint density at radius 1 is 1.40 bits per heavy atom. The molecule has 0 amide bonds. The van der Waals surface area contributed by atoms with Crippen LogP contribution in [0.5, 0.6) is 5.75 Å². The number of carbonyl (C=O) groups is 1. The van der Waals surface area contributed by atoms with Gasteiger partial charge >= 0.3 is 5.97 Å². The summed E-state index contributed by atoms with van der Waals surface area (Å²) in [6.45, 7) is 0. The zero-order valence-electron chi connectivity index (χ0n) is 10.8. The van der Waals surface area contributed by atoms with Crippen molar-refractivity contribution in [1.82, 2.24) is 9.97 Å². The molecular formula is C14H13ClN2O3. The Morgan fingerprint density at radius 2 is 2.15 bits per heavy atom. The first-order valence-electron chi connectivity index (χ1n) is 5.98. The monoisotopic (exact) mass is 292 g/mol. The van der Waals surface area contributed by atoms with Crippen molar-refractivity contribution in [3.05, 3.63) is 41.2 Å². The number of hydrogen-bond acceptors (Lipinski definition) is 5. The topological polar surface area (TPSA) is 72.3 Å². The number of carbonyl (C=O) groups excluding carboxylic acids is 1. The molecule has 1 heterocycles. The standard InChI is InChI=1S/C14H13ClN2O3/c1-20-12(19)7-6-9-8-16-14(17-13(9)15)10-4-2-3-5-11(10)18/h2-5,8,18H,6-7H2,1H3. The highest BCUT2D eigenvalue weighted by molar-refractivity contribution is 6.30. The molecule has 0 aliphatic carbocycles. The van der Waals surface area contributed by atoms with Crippen LogP contribution in [0.2, 0.25) is 5.15 Å². The van der Waals surface area contributed by atoms with E-state index >= 15 is 0 Å². The van der Waals surface area contributed by atoms with E-state index in [0.29, 0.717) is 23.4 Å². The molecule has 0 atom stereocenters. The van der Waals surface area contributed by atoms with Crippen molar-refractivity contribution in [2.24, 2.45) is 0 Å². The van der Waals surface area contributed by atoms with Gasteiger partial charge in [-0.3, -0.25) is 4.79 Å². The first-order chi connectivity index (χ1) is 9.61. The third-order valence-corrected chi connectivity index (χ3v) is 3.11. The number of para-hydroxylation sites is 1. The number of hydrogen-bond donors (Lipinski definition) is 1. The van der Waals surface area contributed by atoms with Crippen LogP contribution >= 0.6 is 11.6 Å². The van der Waals surface area contributed by atoms with Crippen molar-refractivity contribution in [3.8, 4) is 17.1 Å². The Morgan fingerprint density at radius 3 is 2.80 bits per heavy atom. The molecule has 1 N–H and O–H groups in total. The highest BCUT2D eigenvalue weighted by Crippen LogP contribution is 2.27. The summed E-state index contributed by atoms with van der Waals surface area (Å²) in [7, 11) is 1.34. The van der Waals surface area contributed by atoms with Crippen LogP contribution in [0, 0.1) is 0 Å². The number of rotatable bonds is 4. The molecule has 0 unspecified atom stereocenters. The largest absolute Gasteiger partial charge is 0.507 e. The van der Waals surface area contributed by atoms with E-state index in [-0.39, 0.29) is 23.3 Å². The third-order valence-electron chi connectivity index (χ3n) is 2.78. The van der Waals surface area contributed by atoms with Crippen LogP contribution in [0.4, 0.5) is 0 Å². The fraction of sp³-hybridized carbons (Fsp3) is 0.214. The first kappa shape index (κ1) is 14.3. The number of nitrogens with zero attached hydrogens (tertiary/aromatic N) is 2. The Labute approximate surface area is 121 Å². The zero-order chi connectivity index (χ0) is 14.5. The molecule has 0 saturated carbocycles. The number of halogens is 1. The predicted molar refractivity (Wildman–Crippen MR) is 74.5 cm³/mol. The molecule has 0 spiro atoms. The van der Waals surface area contributed by atoms with Gasteiger partial charge in [-0.2, -0.15) is 0 Å². The molecule has 0 bridgehead atoms. The number of aromatic nitrogens is 2. The number of methoxy groups -OCH3 is 1. The summed E-state index contributed by atoms with van der Waals surface area (Å²) >= 11 is 6.07. The van der Waals surface area contributed by atoms with Crippen molar-refractivity contribution in [3.63, 3.8) is 0 Å². The summed E-state index contributed by atoms with van der Waals surface area (Å²) in [5, 5.41) is 10.0. The lowest BCUT2D eigenvalue weighted by atomic mass is 10.1. The summed E-state index contributed by atoms with van der Waals surface area (Å²) < 4.78 is 4.56. The molecule has 1 aromatic heterocycles. The Hall–Kier alpha value is -2.14. The lowest BCUT2D eigenvalue weighted by Gasteiger charge is -2.06. The highest BCUT2D eigenvalue weighted by atomic mass is 35.5. The SMILES string of the molecule is COC(=O)CCc1cnc(-c2ccccc2O)nc1Cl. The summed E-state index contributed by atoms with van der Waals surface area (Å²) in [6.07, 6.45) is 2.18. The zero-order valence-corrected chi connectivity index (χ0v) is 11.6. The Balaban J connectivity index is 2.22. The van der Waals surface area contributed by atoms with E-state index in [1.54, 1.807) is 30.5 Å². The van der Waals surface area contributed by atoms with Gasteiger partial charge in [-0.25, -0.2) is 9.97 Å². The lowest BCUT2D eigenvalue weighted by Crippen LogP contribution is -2.03. The van der Waals surface area contributed by atoms with Crippen LogP contribution in [0.3, 0.4) is 0 Å².